The van der Waals surface area contributed by atoms with E-state index >= 15 is 0 Å². The summed E-state index contributed by atoms with van der Waals surface area (Å²) >= 11 is 0. The van der Waals surface area contributed by atoms with E-state index in [1.165, 1.54) is 12.1 Å². The number of rotatable bonds is 4. The molecule has 0 amide bonds. The van der Waals surface area contributed by atoms with E-state index in [0.717, 1.165) is 22.5 Å². The molecule has 0 aliphatic rings. The lowest BCUT2D eigenvalue weighted by Crippen LogP contribution is -2.16. The molecule has 0 spiro atoms. The van der Waals surface area contributed by atoms with Gasteiger partial charge in [0.1, 0.15) is 11.6 Å². The second-order valence-corrected chi connectivity index (χ2v) is 6.00. The molecule has 136 valence electrons. The van der Waals surface area contributed by atoms with E-state index in [2.05, 4.69) is 14.9 Å². The zero-order chi connectivity index (χ0) is 18.9. The Kier molecular flexibility index (Phi) is 4.27. The fourth-order valence-corrected chi connectivity index (χ4v) is 2.86. The van der Waals surface area contributed by atoms with Crippen LogP contribution in [0, 0.1) is 0 Å². The maximum Gasteiger partial charge on any atom is 0.573 e. The van der Waals surface area contributed by atoms with E-state index in [4.69, 9.17) is 0 Å². The van der Waals surface area contributed by atoms with Gasteiger partial charge in [0.25, 0.3) is 0 Å². The van der Waals surface area contributed by atoms with Crippen molar-refractivity contribution < 1.29 is 17.9 Å². The molecule has 4 nitrogen and oxygen atoms in total. The molecular formula is C20H14F3N3O. The van der Waals surface area contributed by atoms with Crippen molar-refractivity contribution in [3.63, 3.8) is 0 Å². The average Bonchev–Trinajstić information content (AvgIpc) is 3.04. The normalized spacial score (nSPS) is 11.7. The monoisotopic (exact) mass is 369 g/mol. The highest BCUT2D eigenvalue weighted by molar-refractivity contribution is 5.65. The van der Waals surface area contributed by atoms with Crippen molar-refractivity contribution in [1.82, 2.24) is 14.6 Å². The van der Waals surface area contributed by atoms with Gasteiger partial charge in [0.05, 0.1) is 0 Å². The van der Waals surface area contributed by atoms with Gasteiger partial charge in [-0.2, -0.15) is 0 Å². The van der Waals surface area contributed by atoms with Crippen molar-refractivity contribution in [3.05, 3.63) is 84.3 Å². The van der Waals surface area contributed by atoms with Crippen LogP contribution in [0.4, 0.5) is 13.2 Å². The van der Waals surface area contributed by atoms with Gasteiger partial charge in [-0.1, -0.05) is 42.5 Å². The topological polar surface area (TPSA) is 39.4 Å². The first-order valence-corrected chi connectivity index (χ1v) is 8.22. The number of pyridine rings is 1. The molecule has 0 saturated heterocycles. The molecule has 0 aliphatic carbocycles. The molecule has 0 unspecified atom stereocenters. The van der Waals surface area contributed by atoms with Gasteiger partial charge in [-0.3, -0.25) is 4.40 Å². The van der Waals surface area contributed by atoms with Gasteiger partial charge >= 0.3 is 6.36 Å². The Balaban J connectivity index is 1.64. The second kappa shape index (κ2) is 6.75. The summed E-state index contributed by atoms with van der Waals surface area (Å²) < 4.78 is 42.7. The van der Waals surface area contributed by atoms with Crippen LogP contribution in [-0.4, -0.2) is 21.0 Å². The molecule has 0 aliphatic heterocycles. The number of ether oxygens (including phenoxy) is 1. The molecule has 4 aromatic rings. The van der Waals surface area contributed by atoms with Crippen molar-refractivity contribution in [2.24, 2.45) is 0 Å². The number of fused-ring (bicyclic) bond motifs is 1. The fourth-order valence-electron chi connectivity index (χ4n) is 2.86. The highest BCUT2D eigenvalue weighted by atomic mass is 19.4. The van der Waals surface area contributed by atoms with Crippen LogP contribution in [0.3, 0.4) is 0 Å². The van der Waals surface area contributed by atoms with Crippen LogP contribution >= 0.6 is 0 Å². The first-order chi connectivity index (χ1) is 13.0. The summed E-state index contributed by atoms with van der Waals surface area (Å²) in [6, 6.07) is 19.4. The van der Waals surface area contributed by atoms with Gasteiger partial charge < -0.3 is 4.74 Å². The Morgan fingerprint density at radius 3 is 2.22 bits per heavy atom. The minimum Gasteiger partial charge on any atom is -0.406 e. The van der Waals surface area contributed by atoms with Gasteiger partial charge in [0.15, 0.2) is 5.65 Å². The number of nitrogens with zero attached hydrogens (tertiary/aromatic N) is 3. The van der Waals surface area contributed by atoms with Gasteiger partial charge in [0.2, 0.25) is 0 Å². The third kappa shape index (κ3) is 3.92. The molecule has 0 radical (unpaired) electrons. The van der Waals surface area contributed by atoms with Crippen molar-refractivity contribution >= 4 is 5.65 Å². The van der Waals surface area contributed by atoms with E-state index in [0.29, 0.717) is 12.1 Å². The third-order valence-corrected chi connectivity index (χ3v) is 4.10. The zero-order valence-corrected chi connectivity index (χ0v) is 14.0. The van der Waals surface area contributed by atoms with E-state index in [-0.39, 0.29) is 5.75 Å². The Labute approximate surface area is 152 Å². The molecule has 0 bridgehead atoms. The Morgan fingerprint density at radius 1 is 0.815 bits per heavy atom. The third-order valence-electron chi connectivity index (χ3n) is 4.10. The number of hydrogen-bond acceptors (Lipinski definition) is 3. The molecule has 2 aromatic carbocycles. The number of aromatic nitrogens is 3. The number of benzene rings is 2. The maximum absolute atomic E-state index is 12.3. The summed E-state index contributed by atoms with van der Waals surface area (Å²) in [6.07, 6.45) is -2.19. The molecular weight excluding hydrogens is 355 g/mol. The van der Waals surface area contributed by atoms with Crippen LogP contribution in [0.1, 0.15) is 11.4 Å². The lowest BCUT2D eigenvalue weighted by atomic mass is 10.1. The van der Waals surface area contributed by atoms with E-state index < -0.39 is 6.36 Å². The quantitative estimate of drug-likeness (QED) is 0.514. The molecule has 0 N–H and O–H groups in total. The minimum absolute atomic E-state index is 0.249. The second-order valence-electron chi connectivity index (χ2n) is 6.00. The SMILES string of the molecule is FC(F)(F)Oc1ccc(-c2ccc3nnc(Cc4ccccc4)n3c2)cc1. The summed E-state index contributed by atoms with van der Waals surface area (Å²) in [7, 11) is 0. The highest BCUT2D eigenvalue weighted by Crippen LogP contribution is 2.27. The summed E-state index contributed by atoms with van der Waals surface area (Å²) in [5.41, 5.74) is 3.44. The lowest BCUT2D eigenvalue weighted by Gasteiger charge is -2.09. The van der Waals surface area contributed by atoms with Crippen molar-refractivity contribution in [3.8, 4) is 16.9 Å². The molecule has 0 saturated carbocycles. The minimum atomic E-state index is -4.70. The first kappa shape index (κ1) is 17.1. The number of hydrogen-bond donors (Lipinski definition) is 0. The largest absolute Gasteiger partial charge is 0.573 e. The van der Waals surface area contributed by atoms with Crippen LogP contribution in [0.2, 0.25) is 0 Å². The summed E-state index contributed by atoms with van der Waals surface area (Å²) in [5, 5.41) is 8.42. The van der Waals surface area contributed by atoms with Crippen molar-refractivity contribution in [1.29, 1.82) is 0 Å². The van der Waals surface area contributed by atoms with Gasteiger partial charge in [-0.05, 0) is 41.0 Å². The van der Waals surface area contributed by atoms with Crippen molar-refractivity contribution in [2.75, 3.05) is 0 Å². The zero-order valence-electron chi connectivity index (χ0n) is 14.0. The predicted octanol–water partition coefficient (Wildman–Crippen LogP) is 4.89. The van der Waals surface area contributed by atoms with Gasteiger partial charge in [-0.25, -0.2) is 0 Å². The Morgan fingerprint density at radius 2 is 1.52 bits per heavy atom. The molecule has 2 aromatic heterocycles. The van der Waals surface area contributed by atoms with Gasteiger partial charge in [-0.15, -0.1) is 23.4 Å². The van der Waals surface area contributed by atoms with Crippen LogP contribution < -0.4 is 4.74 Å². The highest BCUT2D eigenvalue weighted by Gasteiger charge is 2.30. The van der Waals surface area contributed by atoms with Gasteiger partial charge in [0, 0.05) is 12.6 Å². The maximum atomic E-state index is 12.3. The fraction of sp³-hybridized carbons (Fsp3) is 0.100. The van der Waals surface area contributed by atoms with Crippen LogP contribution in [-0.2, 0) is 6.42 Å². The summed E-state index contributed by atoms with van der Waals surface area (Å²) in [6.45, 7) is 0. The molecule has 0 fully saturated rings. The molecule has 7 heteroatoms. The van der Waals surface area contributed by atoms with Crippen LogP contribution in [0.25, 0.3) is 16.8 Å². The number of halogens is 3. The molecule has 0 atom stereocenters. The van der Waals surface area contributed by atoms with E-state index in [1.54, 1.807) is 12.1 Å². The Hall–Kier alpha value is -3.35. The molecule has 27 heavy (non-hydrogen) atoms. The van der Waals surface area contributed by atoms with Crippen molar-refractivity contribution in [2.45, 2.75) is 12.8 Å². The predicted molar refractivity (Wildman–Crippen MR) is 94.4 cm³/mol. The summed E-state index contributed by atoms with van der Waals surface area (Å²) in [5.74, 6) is 0.538. The average molecular weight is 369 g/mol. The first-order valence-electron chi connectivity index (χ1n) is 8.22. The molecule has 4 rings (SSSR count). The van der Waals surface area contributed by atoms with Crippen LogP contribution in [0.5, 0.6) is 5.75 Å². The Bertz CT molecular complexity index is 1060. The summed E-state index contributed by atoms with van der Waals surface area (Å²) in [4.78, 5) is 0. The van der Waals surface area contributed by atoms with E-state index in [9.17, 15) is 13.2 Å². The number of alkyl halides is 3. The van der Waals surface area contributed by atoms with E-state index in [1.807, 2.05) is 53.1 Å². The standard InChI is InChI=1S/C20H14F3N3O/c21-20(22,23)27-17-9-6-15(7-10-17)16-8-11-18-24-25-19(26(18)13-16)12-14-4-2-1-3-5-14/h1-11,13H,12H2. The molecule has 2 heterocycles. The van der Waals surface area contributed by atoms with Crippen LogP contribution in [0.15, 0.2) is 72.9 Å². The lowest BCUT2D eigenvalue weighted by molar-refractivity contribution is -0.274. The smallest absolute Gasteiger partial charge is 0.406 e.